The number of carbonyl (C=O) groups is 1. The molecule has 1 amide bonds. The molecule has 0 saturated heterocycles. The number of H-pyrrole nitrogens is 1. The molecule has 1 aromatic carbocycles. The fraction of sp³-hybridized carbons (Fsp3) is 0.182. The topological polar surface area (TPSA) is 134 Å². The lowest BCUT2D eigenvalue weighted by atomic mass is 10.1. The Morgan fingerprint density at radius 2 is 2.09 bits per heavy atom. The van der Waals surface area contributed by atoms with Gasteiger partial charge in [-0.3, -0.25) is 14.6 Å². The zero-order valence-electron chi connectivity index (χ0n) is 17.6. The summed E-state index contributed by atoms with van der Waals surface area (Å²) in [6.07, 6.45) is 1.05. The molecule has 0 unspecified atom stereocenters. The van der Waals surface area contributed by atoms with E-state index in [1.165, 1.54) is 36.0 Å². The molecule has 9 nitrogen and oxygen atoms in total. The molecule has 4 aromatic rings. The second kappa shape index (κ2) is 9.32. The van der Waals surface area contributed by atoms with Crippen molar-refractivity contribution in [3.05, 3.63) is 90.8 Å². The van der Waals surface area contributed by atoms with Gasteiger partial charge in [-0.25, -0.2) is 23.1 Å². The first-order valence-electron chi connectivity index (χ1n) is 9.95. The van der Waals surface area contributed by atoms with E-state index in [4.69, 9.17) is 5.26 Å². The first-order valence-corrected chi connectivity index (χ1v) is 10.9. The van der Waals surface area contributed by atoms with Gasteiger partial charge in [0.25, 0.3) is 5.56 Å². The number of aromatic nitrogens is 4. The van der Waals surface area contributed by atoms with E-state index in [0.717, 1.165) is 18.2 Å². The zero-order chi connectivity index (χ0) is 24.4. The number of nitrogens with zero attached hydrogens (tertiary/aromatic N) is 4. The van der Waals surface area contributed by atoms with Crippen LogP contribution in [-0.2, 0) is 11.2 Å². The number of carbonyl (C=O) groups excluding carboxylic acids is 1. The molecule has 0 bridgehead atoms. The van der Waals surface area contributed by atoms with E-state index < -0.39 is 40.9 Å². The number of rotatable bonds is 6. The Morgan fingerprint density at radius 1 is 1.29 bits per heavy atom. The van der Waals surface area contributed by atoms with Crippen LogP contribution in [0.15, 0.2) is 50.9 Å². The van der Waals surface area contributed by atoms with Gasteiger partial charge in [0.05, 0.1) is 39.4 Å². The average Bonchev–Trinajstić information content (AvgIpc) is 3.32. The molecular weight excluding hydrogens is 466 g/mol. The Balaban J connectivity index is 1.75. The van der Waals surface area contributed by atoms with Crippen LogP contribution in [0.1, 0.15) is 36.0 Å². The lowest BCUT2D eigenvalue weighted by molar-refractivity contribution is -0.125. The van der Waals surface area contributed by atoms with E-state index in [-0.39, 0.29) is 28.6 Å². The van der Waals surface area contributed by atoms with E-state index in [1.54, 1.807) is 11.4 Å². The van der Waals surface area contributed by atoms with Gasteiger partial charge < -0.3 is 10.3 Å². The Bertz CT molecular complexity index is 1540. The highest BCUT2D eigenvalue weighted by Gasteiger charge is 2.28. The smallest absolute Gasteiger partial charge is 0.329 e. The summed E-state index contributed by atoms with van der Waals surface area (Å²) in [7, 11) is 0. The van der Waals surface area contributed by atoms with E-state index >= 15 is 0 Å². The van der Waals surface area contributed by atoms with Gasteiger partial charge in [-0.05, 0) is 31.2 Å². The van der Waals surface area contributed by atoms with Crippen molar-refractivity contribution in [3.63, 3.8) is 0 Å². The van der Waals surface area contributed by atoms with Crippen molar-refractivity contribution >= 4 is 28.1 Å². The molecule has 4 rings (SSSR count). The maximum atomic E-state index is 14.4. The molecule has 0 aliphatic carbocycles. The van der Waals surface area contributed by atoms with Crippen LogP contribution in [0.5, 0.6) is 0 Å². The highest BCUT2D eigenvalue weighted by atomic mass is 32.1. The Kier molecular flexibility index (Phi) is 6.29. The molecule has 172 valence electrons. The number of benzene rings is 1. The van der Waals surface area contributed by atoms with Gasteiger partial charge in [0.1, 0.15) is 23.7 Å². The summed E-state index contributed by atoms with van der Waals surface area (Å²) in [6.45, 7) is 1.47. The fourth-order valence-corrected chi connectivity index (χ4v) is 4.10. The van der Waals surface area contributed by atoms with Crippen LogP contribution in [0.4, 0.5) is 8.78 Å². The van der Waals surface area contributed by atoms with Crippen LogP contribution < -0.4 is 16.6 Å². The summed E-state index contributed by atoms with van der Waals surface area (Å²) in [5.41, 5.74) is 0.276. The normalized spacial score (nSPS) is 12.8. The van der Waals surface area contributed by atoms with E-state index in [9.17, 15) is 23.2 Å². The van der Waals surface area contributed by atoms with Crippen molar-refractivity contribution in [1.29, 1.82) is 5.26 Å². The third-order valence-corrected chi connectivity index (χ3v) is 5.79. The number of hydrogen-bond acceptors (Lipinski definition) is 7. The molecule has 3 aromatic heterocycles. The molecular formula is C22H16F2N6O3S. The SMILES string of the molecule is C[C@@H](NC(=O)[C@H](Cc1cscn1)n1c(=O)[nH]c2ccc(F)cc2c1=O)c1ncc(C#N)cc1F. The maximum absolute atomic E-state index is 14.4. The van der Waals surface area contributed by atoms with Crippen molar-refractivity contribution in [3.8, 4) is 6.07 Å². The van der Waals surface area contributed by atoms with Gasteiger partial charge in [-0.15, -0.1) is 11.3 Å². The number of aromatic amines is 1. The lowest BCUT2D eigenvalue weighted by Gasteiger charge is -2.21. The second-order valence-electron chi connectivity index (χ2n) is 7.43. The van der Waals surface area contributed by atoms with Gasteiger partial charge >= 0.3 is 5.69 Å². The summed E-state index contributed by atoms with van der Waals surface area (Å²) in [6, 6.07) is 3.77. The van der Waals surface area contributed by atoms with Crippen molar-refractivity contribution < 1.29 is 13.6 Å². The molecule has 0 fully saturated rings. The summed E-state index contributed by atoms with van der Waals surface area (Å²) in [4.78, 5) is 49.7. The number of halogens is 2. The number of nitrogens with one attached hydrogen (secondary N) is 2. The van der Waals surface area contributed by atoms with Gasteiger partial charge in [0.15, 0.2) is 0 Å². The van der Waals surface area contributed by atoms with Gasteiger partial charge in [0, 0.05) is 18.0 Å². The van der Waals surface area contributed by atoms with Crippen LogP contribution in [0.25, 0.3) is 10.9 Å². The third kappa shape index (κ3) is 4.46. The Morgan fingerprint density at radius 3 is 2.76 bits per heavy atom. The molecule has 0 spiro atoms. The van der Waals surface area contributed by atoms with Crippen molar-refractivity contribution in [2.45, 2.75) is 25.4 Å². The minimum absolute atomic E-state index is 0.0164. The van der Waals surface area contributed by atoms with Crippen molar-refractivity contribution in [1.82, 2.24) is 24.8 Å². The Labute approximate surface area is 194 Å². The largest absolute Gasteiger partial charge is 0.346 e. The highest BCUT2D eigenvalue weighted by Crippen LogP contribution is 2.19. The van der Waals surface area contributed by atoms with Gasteiger partial charge in [-0.2, -0.15) is 5.26 Å². The lowest BCUT2D eigenvalue weighted by Crippen LogP contribution is -2.46. The van der Waals surface area contributed by atoms with Crippen LogP contribution in [0.2, 0.25) is 0 Å². The molecule has 2 atom stereocenters. The molecule has 0 saturated carbocycles. The summed E-state index contributed by atoms with van der Waals surface area (Å²) < 4.78 is 28.9. The van der Waals surface area contributed by atoms with Crippen LogP contribution >= 0.6 is 11.3 Å². The van der Waals surface area contributed by atoms with E-state index in [1.807, 2.05) is 0 Å². The average molecular weight is 482 g/mol. The number of amides is 1. The summed E-state index contributed by atoms with van der Waals surface area (Å²) >= 11 is 1.27. The molecule has 0 aliphatic rings. The van der Waals surface area contributed by atoms with Crippen molar-refractivity contribution in [2.75, 3.05) is 0 Å². The number of thiazole rings is 1. The highest BCUT2D eigenvalue weighted by molar-refractivity contribution is 7.07. The van der Waals surface area contributed by atoms with Gasteiger partial charge in [-0.1, -0.05) is 0 Å². The summed E-state index contributed by atoms with van der Waals surface area (Å²) in [5.74, 6) is -2.24. The first kappa shape index (κ1) is 22.9. The van der Waals surface area contributed by atoms with Crippen LogP contribution in [0.3, 0.4) is 0 Å². The standard InChI is InChI=1S/C22H16F2N6O3S/c1-11(19-16(24)4-12(7-25)8-26-19)28-20(31)18(6-14-9-34-10-27-14)30-21(32)15-5-13(23)2-3-17(15)29-22(30)33/h2-5,8-11,18H,6H2,1H3,(H,28,31)(H,29,33)/t11-,18+/m1/s1. The number of hydrogen-bond donors (Lipinski definition) is 2. The molecule has 3 heterocycles. The quantitative estimate of drug-likeness (QED) is 0.433. The second-order valence-corrected chi connectivity index (χ2v) is 8.15. The predicted octanol–water partition coefficient (Wildman–Crippen LogP) is 2.35. The molecule has 12 heteroatoms. The zero-order valence-corrected chi connectivity index (χ0v) is 18.4. The molecule has 0 radical (unpaired) electrons. The first-order chi connectivity index (χ1) is 16.3. The van der Waals surface area contributed by atoms with Crippen LogP contribution in [0, 0.1) is 23.0 Å². The fourth-order valence-electron chi connectivity index (χ4n) is 3.53. The number of nitriles is 1. The number of pyridine rings is 1. The summed E-state index contributed by atoms with van der Waals surface area (Å²) in [5, 5.41) is 13.0. The van der Waals surface area contributed by atoms with E-state index in [0.29, 0.717) is 10.3 Å². The minimum atomic E-state index is -1.37. The van der Waals surface area contributed by atoms with Crippen molar-refractivity contribution in [2.24, 2.45) is 0 Å². The predicted molar refractivity (Wildman–Crippen MR) is 119 cm³/mol. The molecule has 2 N–H and O–H groups in total. The third-order valence-electron chi connectivity index (χ3n) is 5.16. The number of fused-ring (bicyclic) bond motifs is 1. The maximum Gasteiger partial charge on any atom is 0.329 e. The minimum Gasteiger partial charge on any atom is -0.346 e. The Hall–Kier alpha value is -4.24. The van der Waals surface area contributed by atoms with E-state index in [2.05, 4.69) is 20.3 Å². The molecule has 34 heavy (non-hydrogen) atoms. The van der Waals surface area contributed by atoms with Gasteiger partial charge in [0.2, 0.25) is 5.91 Å². The molecule has 0 aliphatic heterocycles. The monoisotopic (exact) mass is 482 g/mol. The van der Waals surface area contributed by atoms with Crippen LogP contribution in [-0.4, -0.2) is 25.4 Å².